The van der Waals surface area contributed by atoms with Crippen molar-refractivity contribution in [3.05, 3.63) is 47.7 Å². The van der Waals surface area contributed by atoms with Crippen molar-refractivity contribution in [3.63, 3.8) is 0 Å². The minimum absolute atomic E-state index is 0.242. The normalized spacial score (nSPS) is 17.3. The molecule has 1 atom stereocenters. The van der Waals surface area contributed by atoms with Crippen LogP contribution in [0.5, 0.6) is 0 Å². The van der Waals surface area contributed by atoms with Crippen molar-refractivity contribution in [3.8, 4) is 0 Å². The van der Waals surface area contributed by atoms with Gasteiger partial charge in [0.2, 0.25) is 5.95 Å². The summed E-state index contributed by atoms with van der Waals surface area (Å²) in [6, 6.07) is 10.8. The summed E-state index contributed by atoms with van der Waals surface area (Å²) in [6.07, 6.45) is 4.43. The quantitative estimate of drug-likeness (QED) is 0.758. The van der Waals surface area contributed by atoms with Gasteiger partial charge in [0, 0.05) is 25.8 Å². The first-order valence-corrected chi connectivity index (χ1v) is 9.20. The predicted molar refractivity (Wildman–Crippen MR) is 102 cm³/mol. The maximum Gasteiger partial charge on any atom is 0.224 e. The maximum atomic E-state index is 9.66. The molecular formula is C20H28N4O. The van der Waals surface area contributed by atoms with E-state index in [2.05, 4.69) is 58.3 Å². The molecule has 0 spiro atoms. The van der Waals surface area contributed by atoms with Crippen molar-refractivity contribution < 1.29 is 5.11 Å². The lowest BCUT2D eigenvalue weighted by Gasteiger charge is -2.17. The lowest BCUT2D eigenvalue weighted by molar-refractivity contribution is 0.198. The monoisotopic (exact) mass is 340 g/mol. The lowest BCUT2D eigenvalue weighted by atomic mass is 10.0. The topological polar surface area (TPSA) is 61.3 Å². The summed E-state index contributed by atoms with van der Waals surface area (Å²) in [5.74, 6) is 2.13. The van der Waals surface area contributed by atoms with Crippen molar-refractivity contribution in [2.75, 3.05) is 29.9 Å². The van der Waals surface area contributed by atoms with Gasteiger partial charge in [0.15, 0.2) is 0 Å². The zero-order valence-electron chi connectivity index (χ0n) is 15.2. The van der Waals surface area contributed by atoms with E-state index in [0.29, 0.717) is 18.4 Å². The van der Waals surface area contributed by atoms with Crippen LogP contribution in [0.15, 0.2) is 36.5 Å². The SMILES string of the molecule is CC(C)c1ccc(CCCNc2nccc(N3CCC(O)C3)n2)cc1. The van der Waals surface area contributed by atoms with Crippen LogP contribution in [0.3, 0.4) is 0 Å². The average molecular weight is 340 g/mol. The molecule has 2 aromatic rings. The third kappa shape index (κ3) is 4.92. The number of benzene rings is 1. The van der Waals surface area contributed by atoms with E-state index in [1.165, 1.54) is 11.1 Å². The Morgan fingerprint density at radius 1 is 1.24 bits per heavy atom. The van der Waals surface area contributed by atoms with Crippen LogP contribution in [0, 0.1) is 0 Å². The third-order valence-electron chi connectivity index (χ3n) is 4.70. The molecule has 1 aromatic heterocycles. The highest BCUT2D eigenvalue weighted by Gasteiger charge is 2.21. The molecule has 5 nitrogen and oxygen atoms in total. The molecule has 1 aliphatic rings. The Morgan fingerprint density at radius 2 is 2.04 bits per heavy atom. The van der Waals surface area contributed by atoms with Gasteiger partial charge in [0.1, 0.15) is 5.82 Å². The molecule has 1 unspecified atom stereocenters. The summed E-state index contributed by atoms with van der Waals surface area (Å²) in [4.78, 5) is 11.0. The number of anilines is 2. The molecule has 0 aliphatic carbocycles. The summed E-state index contributed by atoms with van der Waals surface area (Å²) < 4.78 is 0. The molecule has 1 saturated heterocycles. The molecule has 1 aliphatic heterocycles. The summed E-state index contributed by atoms with van der Waals surface area (Å²) in [5, 5.41) is 13.0. The molecule has 0 bridgehead atoms. The Morgan fingerprint density at radius 3 is 2.72 bits per heavy atom. The fourth-order valence-corrected chi connectivity index (χ4v) is 3.12. The number of aromatic nitrogens is 2. The van der Waals surface area contributed by atoms with Gasteiger partial charge in [-0.3, -0.25) is 0 Å². The van der Waals surface area contributed by atoms with Crippen LogP contribution in [0.2, 0.25) is 0 Å². The Kier molecular flexibility index (Phi) is 5.87. The number of hydrogen-bond donors (Lipinski definition) is 2. The van der Waals surface area contributed by atoms with Crippen LogP contribution in [-0.2, 0) is 6.42 Å². The highest BCUT2D eigenvalue weighted by molar-refractivity contribution is 5.43. The molecule has 0 saturated carbocycles. The van der Waals surface area contributed by atoms with E-state index in [-0.39, 0.29) is 6.10 Å². The number of β-amino-alcohol motifs (C(OH)–C–C–N with tert-alkyl or cyclic N) is 1. The number of aryl methyl sites for hydroxylation is 1. The molecule has 134 valence electrons. The number of rotatable bonds is 7. The van der Waals surface area contributed by atoms with Gasteiger partial charge < -0.3 is 15.3 Å². The summed E-state index contributed by atoms with van der Waals surface area (Å²) in [7, 11) is 0. The zero-order chi connectivity index (χ0) is 17.6. The van der Waals surface area contributed by atoms with E-state index in [0.717, 1.165) is 38.2 Å². The van der Waals surface area contributed by atoms with Crippen LogP contribution >= 0.6 is 0 Å². The van der Waals surface area contributed by atoms with Crippen molar-refractivity contribution in [1.82, 2.24) is 9.97 Å². The largest absolute Gasteiger partial charge is 0.391 e. The number of hydrogen-bond acceptors (Lipinski definition) is 5. The van der Waals surface area contributed by atoms with Gasteiger partial charge in [-0.15, -0.1) is 0 Å². The molecule has 0 radical (unpaired) electrons. The van der Waals surface area contributed by atoms with E-state index < -0.39 is 0 Å². The van der Waals surface area contributed by atoms with Crippen LogP contribution in [0.1, 0.15) is 43.7 Å². The van der Waals surface area contributed by atoms with Gasteiger partial charge >= 0.3 is 0 Å². The molecule has 2 heterocycles. The maximum absolute atomic E-state index is 9.66. The number of aliphatic hydroxyl groups excluding tert-OH is 1. The molecular weight excluding hydrogens is 312 g/mol. The molecule has 25 heavy (non-hydrogen) atoms. The van der Waals surface area contributed by atoms with Crippen LogP contribution in [-0.4, -0.2) is 40.8 Å². The molecule has 2 N–H and O–H groups in total. The summed E-state index contributed by atoms with van der Waals surface area (Å²) >= 11 is 0. The molecule has 3 rings (SSSR count). The van der Waals surface area contributed by atoms with Crippen molar-refractivity contribution in [1.29, 1.82) is 0 Å². The summed E-state index contributed by atoms with van der Waals surface area (Å²) in [5.41, 5.74) is 2.76. The first kappa shape index (κ1) is 17.7. The van der Waals surface area contributed by atoms with E-state index in [1.807, 2.05) is 6.07 Å². The van der Waals surface area contributed by atoms with E-state index >= 15 is 0 Å². The van der Waals surface area contributed by atoms with Crippen molar-refractivity contribution >= 4 is 11.8 Å². The molecule has 5 heteroatoms. The van der Waals surface area contributed by atoms with Gasteiger partial charge in [0.05, 0.1) is 6.10 Å². The lowest BCUT2D eigenvalue weighted by Crippen LogP contribution is -2.22. The standard InChI is InChI=1S/C20H28N4O/c1-15(2)17-7-5-16(6-8-17)4-3-11-21-20-22-12-9-19(23-20)24-13-10-18(25)14-24/h5-9,12,15,18,25H,3-4,10-11,13-14H2,1-2H3,(H,21,22,23). The fourth-order valence-electron chi connectivity index (χ4n) is 3.12. The van der Waals surface area contributed by atoms with Crippen molar-refractivity contribution in [2.24, 2.45) is 0 Å². The predicted octanol–water partition coefficient (Wildman–Crippen LogP) is 3.22. The van der Waals surface area contributed by atoms with E-state index in [1.54, 1.807) is 6.20 Å². The Bertz CT molecular complexity index is 672. The Hall–Kier alpha value is -2.14. The van der Waals surface area contributed by atoms with Gasteiger partial charge in [-0.05, 0) is 42.4 Å². The van der Waals surface area contributed by atoms with E-state index in [4.69, 9.17) is 0 Å². The second-order valence-electron chi connectivity index (χ2n) is 7.05. The number of aliphatic hydroxyl groups is 1. The number of nitrogens with one attached hydrogen (secondary N) is 1. The first-order valence-electron chi connectivity index (χ1n) is 9.20. The fraction of sp³-hybridized carbons (Fsp3) is 0.500. The van der Waals surface area contributed by atoms with Crippen LogP contribution in [0.4, 0.5) is 11.8 Å². The van der Waals surface area contributed by atoms with Gasteiger partial charge in [-0.25, -0.2) is 4.98 Å². The van der Waals surface area contributed by atoms with Gasteiger partial charge in [0.25, 0.3) is 0 Å². The van der Waals surface area contributed by atoms with Gasteiger partial charge in [-0.2, -0.15) is 4.98 Å². The average Bonchev–Trinajstić information content (AvgIpc) is 3.06. The Balaban J connectivity index is 1.46. The summed E-state index contributed by atoms with van der Waals surface area (Å²) in [6.45, 7) is 6.79. The Labute approximate surface area is 150 Å². The van der Waals surface area contributed by atoms with Crippen LogP contribution in [0.25, 0.3) is 0 Å². The minimum Gasteiger partial charge on any atom is -0.391 e. The zero-order valence-corrected chi connectivity index (χ0v) is 15.2. The first-order chi connectivity index (χ1) is 12.1. The highest BCUT2D eigenvalue weighted by Crippen LogP contribution is 2.19. The molecule has 1 aromatic carbocycles. The minimum atomic E-state index is -0.242. The molecule has 0 amide bonds. The van der Waals surface area contributed by atoms with Crippen molar-refractivity contribution in [2.45, 2.75) is 45.1 Å². The number of nitrogens with zero attached hydrogens (tertiary/aromatic N) is 3. The van der Waals surface area contributed by atoms with Crippen LogP contribution < -0.4 is 10.2 Å². The second-order valence-corrected chi connectivity index (χ2v) is 7.05. The van der Waals surface area contributed by atoms with Gasteiger partial charge in [-0.1, -0.05) is 38.1 Å². The molecule has 1 fully saturated rings. The third-order valence-corrected chi connectivity index (χ3v) is 4.70. The smallest absolute Gasteiger partial charge is 0.224 e. The second kappa shape index (κ2) is 8.30. The highest BCUT2D eigenvalue weighted by atomic mass is 16.3. The van der Waals surface area contributed by atoms with E-state index in [9.17, 15) is 5.11 Å².